The fourth-order valence-corrected chi connectivity index (χ4v) is 5.91. The van der Waals surface area contributed by atoms with Crippen LogP contribution in [0.4, 0.5) is 4.79 Å². The molecule has 1 aromatic heterocycles. The molecule has 0 bridgehead atoms. The maximum absolute atomic E-state index is 11.6. The summed E-state index contributed by atoms with van der Waals surface area (Å²) in [6.45, 7) is 13.2. The number of hydrogen-bond donors (Lipinski definition) is 2. The van der Waals surface area contributed by atoms with Gasteiger partial charge in [-0.05, 0) is 110 Å². The molecule has 11 heteroatoms. The van der Waals surface area contributed by atoms with Gasteiger partial charge >= 0.3 is 13.2 Å². The van der Waals surface area contributed by atoms with Crippen LogP contribution in [0.25, 0.3) is 0 Å². The Morgan fingerprint density at radius 3 is 2.11 bits per heavy atom. The van der Waals surface area contributed by atoms with Crippen molar-refractivity contribution in [2.24, 2.45) is 0 Å². The van der Waals surface area contributed by atoms with Crippen LogP contribution in [0.2, 0.25) is 0 Å². The zero-order valence-corrected chi connectivity index (χ0v) is 33.6. The average Bonchev–Trinajstić information content (AvgIpc) is 3.65. The number of aromatic nitrogens is 1. The maximum atomic E-state index is 11.6. The van der Waals surface area contributed by atoms with Crippen molar-refractivity contribution in [3.8, 4) is 28.7 Å². The molecule has 1 heterocycles. The molecule has 0 amide bonds. The standard InChI is InChI=1S/C34H37BrO4.C9H14BNO4/c1-4-13-28-31(18-11-19-32(28)39-30-17-10-9-14-25(30)3)36-20-12-21-37-33-23-34(29(35)22-27(33)5-2)38-24-26-15-7-6-8-16-26;1-9(2,3)15-8(12)11-6-4-5-7(11)10(13)14/h6-11,14-19,22-23H,4-5,12-13,20-21,24H2,1-3H3;4-6,13-14H,1-3H3. The van der Waals surface area contributed by atoms with Gasteiger partial charge in [0.15, 0.2) is 0 Å². The molecule has 0 saturated heterocycles. The minimum absolute atomic E-state index is 0.0873. The highest BCUT2D eigenvalue weighted by Gasteiger charge is 2.23. The van der Waals surface area contributed by atoms with Gasteiger partial charge in [-0.15, -0.1) is 0 Å². The summed E-state index contributed by atoms with van der Waals surface area (Å²) in [5.74, 6) is 4.22. The zero-order valence-electron chi connectivity index (χ0n) is 32.0. The highest BCUT2D eigenvalue weighted by Crippen LogP contribution is 2.36. The molecule has 54 heavy (non-hydrogen) atoms. The Kier molecular flexibility index (Phi) is 16.1. The highest BCUT2D eigenvalue weighted by atomic mass is 79.9. The number of aryl methyl sites for hydroxylation is 2. The van der Waals surface area contributed by atoms with Crippen molar-refractivity contribution in [3.05, 3.63) is 130 Å². The predicted molar refractivity (Wildman–Crippen MR) is 217 cm³/mol. The first kappa shape index (κ1) is 42.0. The van der Waals surface area contributed by atoms with Crippen LogP contribution in [-0.2, 0) is 24.2 Å². The lowest BCUT2D eigenvalue weighted by Gasteiger charge is -2.20. The van der Waals surface area contributed by atoms with Crippen molar-refractivity contribution in [2.75, 3.05) is 13.2 Å². The molecule has 0 aliphatic rings. The molecule has 0 aliphatic carbocycles. The van der Waals surface area contributed by atoms with Gasteiger partial charge in [-0.25, -0.2) is 4.79 Å². The van der Waals surface area contributed by atoms with Crippen molar-refractivity contribution < 1.29 is 38.5 Å². The zero-order chi connectivity index (χ0) is 39.1. The van der Waals surface area contributed by atoms with Crippen LogP contribution in [0.5, 0.6) is 28.7 Å². The van der Waals surface area contributed by atoms with E-state index < -0.39 is 18.8 Å². The van der Waals surface area contributed by atoms with E-state index in [-0.39, 0.29) is 5.59 Å². The molecule has 9 nitrogen and oxygen atoms in total. The third kappa shape index (κ3) is 12.7. The third-order valence-electron chi connectivity index (χ3n) is 8.08. The van der Waals surface area contributed by atoms with E-state index in [4.69, 9.17) is 33.7 Å². The fourth-order valence-electron chi connectivity index (χ4n) is 5.40. The molecule has 0 spiro atoms. The number of rotatable bonds is 15. The monoisotopic (exact) mass is 799 g/mol. The minimum atomic E-state index is -1.69. The molecule has 0 unspecified atom stereocenters. The van der Waals surface area contributed by atoms with Gasteiger partial charge in [0.1, 0.15) is 41.0 Å². The first-order valence-corrected chi connectivity index (χ1v) is 19.1. The van der Waals surface area contributed by atoms with Gasteiger partial charge in [0.05, 0.1) is 23.3 Å². The Hall–Kier alpha value is -4.71. The van der Waals surface area contributed by atoms with Crippen molar-refractivity contribution in [2.45, 2.75) is 79.4 Å². The van der Waals surface area contributed by atoms with Crippen molar-refractivity contribution in [1.29, 1.82) is 0 Å². The molecule has 5 rings (SSSR count). The van der Waals surface area contributed by atoms with Gasteiger partial charge in [-0.3, -0.25) is 4.57 Å². The van der Waals surface area contributed by atoms with Crippen LogP contribution in [0.3, 0.4) is 0 Å². The normalized spacial score (nSPS) is 10.9. The molecule has 0 fully saturated rings. The number of benzene rings is 4. The third-order valence-corrected chi connectivity index (χ3v) is 8.70. The van der Waals surface area contributed by atoms with Crippen LogP contribution in [0, 0.1) is 6.92 Å². The smallest absolute Gasteiger partial charge is 0.493 e. The Balaban J connectivity index is 0.000000363. The molecule has 0 saturated carbocycles. The summed E-state index contributed by atoms with van der Waals surface area (Å²) in [4.78, 5) is 11.6. The highest BCUT2D eigenvalue weighted by molar-refractivity contribution is 9.10. The van der Waals surface area contributed by atoms with E-state index >= 15 is 0 Å². The Bertz CT molecular complexity index is 1920. The van der Waals surface area contributed by atoms with Crippen molar-refractivity contribution in [3.63, 3.8) is 0 Å². The number of carbonyl (C=O) groups is 1. The van der Waals surface area contributed by atoms with Crippen LogP contribution < -0.4 is 24.5 Å². The van der Waals surface area contributed by atoms with E-state index in [2.05, 4.69) is 61.0 Å². The molecule has 2 N–H and O–H groups in total. The number of nitrogens with zero attached hydrogens (tertiary/aromatic N) is 1. The number of halogens is 1. The van der Waals surface area contributed by atoms with E-state index in [1.165, 1.54) is 12.3 Å². The second-order valence-corrected chi connectivity index (χ2v) is 14.4. The minimum Gasteiger partial charge on any atom is -0.493 e. The van der Waals surface area contributed by atoms with Crippen LogP contribution in [0.1, 0.15) is 69.7 Å². The van der Waals surface area contributed by atoms with E-state index in [0.29, 0.717) is 19.8 Å². The number of para-hydroxylation sites is 1. The van der Waals surface area contributed by atoms with Crippen molar-refractivity contribution in [1.82, 2.24) is 4.57 Å². The van der Waals surface area contributed by atoms with Crippen LogP contribution in [-0.4, -0.2) is 46.6 Å². The number of ether oxygens (including phenoxy) is 5. The maximum Gasteiger partial charge on any atom is 0.506 e. The molecule has 0 atom stereocenters. The topological polar surface area (TPSA) is 109 Å². The molecule has 4 aromatic carbocycles. The van der Waals surface area contributed by atoms with Gasteiger partial charge in [0.2, 0.25) is 0 Å². The van der Waals surface area contributed by atoms with E-state index in [9.17, 15) is 4.79 Å². The Morgan fingerprint density at radius 2 is 1.44 bits per heavy atom. The quantitative estimate of drug-likeness (QED) is 0.0797. The van der Waals surface area contributed by atoms with Crippen LogP contribution in [0.15, 0.2) is 108 Å². The number of carbonyl (C=O) groups excluding carboxylic acids is 1. The van der Waals surface area contributed by atoms with E-state index in [1.807, 2.05) is 60.7 Å². The summed E-state index contributed by atoms with van der Waals surface area (Å²) in [5, 5.41) is 17.9. The summed E-state index contributed by atoms with van der Waals surface area (Å²) in [6, 6.07) is 31.3. The van der Waals surface area contributed by atoms with Gasteiger partial charge in [-0.1, -0.05) is 74.9 Å². The second kappa shape index (κ2) is 20.7. The molecular formula is C43H51BBrNO8. The molecular weight excluding hydrogens is 749 g/mol. The summed E-state index contributed by atoms with van der Waals surface area (Å²) in [5.41, 5.74) is 3.95. The summed E-state index contributed by atoms with van der Waals surface area (Å²) < 4.78 is 31.9. The average molecular weight is 801 g/mol. The molecule has 5 aromatic rings. The fraction of sp³-hybridized carbons (Fsp3) is 0.326. The first-order chi connectivity index (χ1) is 25.9. The van der Waals surface area contributed by atoms with E-state index in [1.54, 1.807) is 26.8 Å². The second-order valence-electron chi connectivity index (χ2n) is 13.6. The summed E-state index contributed by atoms with van der Waals surface area (Å²) >= 11 is 3.65. The van der Waals surface area contributed by atoms with Crippen LogP contribution >= 0.6 is 15.9 Å². The Labute approximate surface area is 328 Å². The van der Waals surface area contributed by atoms with Gasteiger partial charge in [0, 0.05) is 24.2 Å². The molecule has 0 radical (unpaired) electrons. The SMILES string of the molecule is CC(C)(C)OC(=O)n1cccc1B(O)O.CCCc1c(OCCCOc2cc(OCc3ccccc3)c(Br)cc2CC)cccc1Oc1ccccc1C. The lowest BCUT2D eigenvalue weighted by atomic mass is 9.86. The van der Waals surface area contributed by atoms with Gasteiger partial charge in [-0.2, -0.15) is 0 Å². The van der Waals surface area contributed by atoms with Gasteiger partial charge in [0.25, 0.3) is 0 Å². The summed E-state index contributed by atoms with van der Waals surface area (Å²) in [7, 11) is -1.69. The first-order valence-electron chi connectivity index (χ1n) is 18.3. The largest absolute Gasteiger partial charge is 0.506 e. The predicted octanol–water partition coefficient (Wildman–Crippen LogP) is 9.44. The lowest BCUT2D eigenvalue weighted by molar-refractivity contribution is 0.0540. The van der Waals surface area contributed by atoms with Gasteiger partial charge < -0.3 is 33.7 Å². The van der Waals surface area contributed by atoms with E-state index in [0.717, 1.165) is 85.7 Å². The molecule has 0 aliphatic heterocycles. The van der Waals surface area contributed by atoms with Crippen molar-refractivity contribution >= 4 is 34.7 Å². The Morgan fingerprint density at radius 1 is 0.778 bits per heavy atom. The molecule has 286 valence electrons. The number of hydrogen-bond acceptors (Lipinski definition) is 8. The lowest BCUT2D eigenvalue weighted by Crippen LogP contribution is -2.40. The summed E-state index contributed by atoms with van der Waals surface area (Å²) in [6.07, 6.45) is 4.31.